The van der Waals surface area contributed by atoms with Crippen molar-refractivity contribution < 1.29 is 33.0 Å². The number of aliphatic carboxylic acids is 2. The van der Waals surface area contributed by atoms with Gasteiger partial charge in [-0.2, -0.15) is 18.3 Å². The minimum absolute atomic E-state index is 0.726. The lowest BCUT2D eigenvalue weighted by Crippen LogP contribution is -2.35. The van der Waals surface area contributed by atoms with Gasteiger partial charge in [0.2, 0.25) is 0 Å². The van der Waals surface area contributed by atoms with Gasteiger partial charge in [-0.1, -0.05) is 0 Å². The molecule has 0 bridgehead atoms. The molecule has 12 heteroatoms. The van der Waals surface area contributed by atoms with Gasteiger partial charge in [0.25, 0.3) is 0 Å². The van der Waals surface area contributed by atoms with Crippen molar-refractivity contribution in [1.29, 1.82) is 0 Å². The average Bonchev–Trinajstić information content (AvgIpc) is 3.23. The molecule has 0 radical (unpaired) electrons. The van der Waals surface area contributed by atoms with E-state index in [2.05, 4.69) is 20.1 Å². The van der Waals surface area contributed by atoms with Crippen molar-refractivity contribution in [3.63, 3.8) is 0 Å². The van der Waals surface area contributed by atoms with E-state index < -0.39 is 23.7 Å². The van der Waals surface area contributed by atoms with Gasteiger partial charge in [0.1, 0.15) is 12.0 Å². The smallest absolute Gasteiger partial charge is 0.479 e. The molecule has 0 aliphatic carbocycles. The van der Waals surface area contributed by atoms with E-state index in [1.54, 1.807) is 32.4 Å². The first-order valence-electron chi connectivity index (χ1n) is 7.31. The second-order valence-electron chi connectivity index (χ2n) is 5.80. The summed E-state index contributed by atoms with van der Waals surface area (Å²) < 4.78 is 33.2. The topological polar surface area (TPSA) is 134 Å². The largest absolute Gasteiger partial charge is 0.490 e. The van der Waals surface area contributed by atoms with Crippen LogP contribution in [-0.4, -0.2) is 53.1 Å². The van der Waals surface area contributed by atoms with Crippen LogP contribution in [0.5, 0.6) is 0 Å². The second kappa shape index (κ2) is 7.05. The molecular formula is C15H14F3N5O4. The van der Waals surface area contributed by atoms with Crippen molar-refractivity contribution >= 4 is 23.0 Å². The number of carboxylic acids is 2. The second-order valence-corrected chi connectivity index (χ2v) is 5.80. The van der Waals surface area contributed by atoms with Crippen LogP contribution in [0, 0.1) is 0 Å². The number of H-pyrrole nitrogens is 1. The molecule has 0 saturated carbocycles. The summed E-state index contributed by atoms with van der Waals surface area (Å²) in [5.74, 6) is -3.70. The monoisotopic (exact) mass is 385 g/mol. The van der Waals surface area contributed by atoms with Crippen molar-refractivity contribution in [2.24, 2.45) is 0 Å². The van der Waals surface area contributed by atoms with Gasteiger partial charge in [-0.25, -0.2) is 19.6 Å². The number of hydrogen-bond donors (Lipinski definition) is 3. The van der Waals surface area contributed by atoms with Crippen molar-refractivity contribution in [1.82, 2.24) is 24.7 Å². The summed E-state index contributed by atoms with van der Waals surface area (Å²) in [5.41, 5.74) is 1.11. The van der Waals surface area contributed by atoms with Gasteiger partial charge in [-0.15, -0.1) is 0 Å². The van der Waals surface area contributed by atoms with Gasteiger partial charge in [-0.05, 0) is 19.9 Å². The molecule has 3 N–H and O–H groups in total. The summed E-state index contributed by atoms with van der Waals surface area (Å²) in [5, 5.41) is 21.4. The molecule has 0 aromatic carbocycles. The number of hydrogen-bond acceptors (Lipinski definition) is 5. The van der Waals surface area contributed by atoms with E-state index >= 15 is 0 Å². The maximum atomic E-state index is 11.2. The van der Waals surface area contributed by atoms with Crippen LogP contribution in [0.2, 0.25) is 0 Å². The third-order valence-electron chi connectivity index (χ3n) is 3.55. The summed E-state index contributed by atoms with van der Waals surface area (Å²) >= 11 is 0. The van der Waals surface area contributed by atoms with Gasteiger partial charge in [0.05, 0.1) is 11.9 Å². The SMILES string of the molecule is CC(C)(C(=O)O)n1cc(-c2ncnc3[nH]ccc23)cn1.O=C(O)C(F)(F)F. The number of aromatic amines is 1. The Hall–Kier alpha value is -3.44. The van der Waals surface area contributed by atoms with E-state index in [4.69, 9.17) is 9.90 Å². The summed E-state index contributed by atoms with van der Waals surface area (Å²) in [4.78, 5) is 31.5. The Balaban J connectivity index is 0.000000321. The fraction of sp³-hybridized carbons (Fsp3) is 0.267. The number of carboxylic acid groups (broad SMARTS) is 2. The highest BCUT2D eigenvalue weighted by Gasteiger charge is 2.38. The molecular weight excluding hydrogens is 371 g/mol. The molecule has 144 valence electrons. The molecule has 3 heterocycles. The number of rotatable bonds is 3. The Bertz CT molecular complexity index is 977. The Kier molecular flexibility index (Phi) is 5.19. The van der Waals surface area contributed by atoms with Crippen LogP contribution in [0.1, 0.15) is 13.8 Å². The molecule has 27 heavy (non-hydrogen) atoms. The average molecular weight is 385 g/mol. The summed E-state index contributed by atoms with van der Waals surface area (Å²) in [6, 6.07) is 1.88. The number of aromatic nitrogens is 5. The van der Waals surface area contributed by atoms with Crippen LogP contribution in [0.15, 0.2) is 31.0 Å². The Morgan fingerprint density at radius 2 is 1.78 bits per heavy atom. The van der Waals surface area contributed by atoms with Crippen molar-refractivity contribution in [3.05, 3.63) is 31.0 Å². The zero-order valence-corrected chi connectivity index (χ0v) is 14.0. The van der Waals surface area contributed by atoms with Crippen molar-refractivity contribution in [2.45, 2.75) is 25.6 Å². The first kappa shape index (κ1) is 19.9. The standard InChI is InChI=1S/C13H13N5O2.C2HF3O2/c1-13(2,12(19)20)18-6-8(5-17-18)10-9-3-4-14-11(9)16-7-15-10;3-2(4,5)1(6)7/h3-7H,1-2H3,(H,19,20)(H,14,15,16);(H,6,7). The number of nitrogens with zero attached hydrogens (tertiary/aromatic N) is 4. The van der Waals surface area contributed by atoms with Crippen LogP contribution in [0.4, 0.5) is 13.2 Å². The van der Waals surface area contributed by atoms with Crippen LogP contribution in [-0.2, 0) is 15.1 Å². The number of fused-ring (bicyclic) bond motifs is 1. The minimum Gasteiger partial charge on any atom is -0.479 e. The van der Waals surface area contributed by atoms with Crippen LogP contribution >= 0.6 is 0 Å². The van der Waals surface area contributed by atoms with Crippen LogP contribution < -0.4 is 0 Å². The van der Waals surface area contributed by atoms with E-state index in [-0.39, 0.29) is 0 Å². The van der Waals surface area contributed by atoms with Crippen LogP contribution in [0.25, 0.3) is 22.3 Å². The molecule has 9 nitrogen and oxygen atoms in total. The quantitative estimate of drug-likeness (QED) is 0.630. The number of halogens is 3. The zero-order chi connectivity index (χ0) is 20.4. The molecule has 3 rings (SSSR count). The Morgan fingerprint density at radius 1 is 1.15 bits per heavy atom. The first-order valence-corrected chi connectivity index (χ1v) is 7.31. The highest BCUT2D eigenvalue weighted by atomic mass is 19.4. The van der Waals surface area contributed by atoms with E-state index in [9.17, 15) is 23.1 Å². The van der Waals surface area contributed by atoms with Gasteiger partial charge < -0.3 is 15.2 Å². The van der Waals surface area contributed by atoms with Gasteiger partial charge in [0, 0.05) is 23.3 Å². The normalized spacial score (nSPS) is 11.7. The maximum Gasteiger partial charge on any atom is 0.490 e. The van der Waals surface area contributed by atoms with Gasteiger partial charge >= 0.3 is 18.1 Å². The van der Waals surface area contributed by atoms with Crippen LogP contribution in [0.3, 0.4) is 0 Å². The Morgan fingerprint density at radius 3 is 2.33 bits per heavy atom. The fourth-order valence-corrected chi connectivity index (χ4v) is 1.95. The van der Waals surface area contributed by atoms with E-state index in [0.717, 1.165) is 22.3 Å². The van der Waals surface area contributed by atoms with Crippen molar-refractivity contribution in [3.8, 4) is 11.3 Å². The zero-order valence-electron chi connectivity index (χ0n) is 14.0. The van der Waals surface area contributed by atoms with E-state index in [1.165, 1.54) is 11.0 Å². The first-order chi connectivity index (χ1) is 12.4. The molecule has 3 aromatic rings. The third-order valence-corrected chi connectivity index (χ3v) is 3.55. The van der Waals surface area contributed by atoms with Gasteiger partial charge in [0.15, 0.2) is 5.54 Å². The van der Waals surface area contributed by atoms with Gasteiger partial charge in [-0.3, -0.25) is 4.68 Å². The summed E-state index contributed by atoms with van der Waals surface area (Å²) in [7, 11) is 0. The lowest BCUT2D eigenvalue weighted by Gasteiger charge is -2.19. The predicted molar refractivity (Wildman–Crippen MR) is 85.8 cm³/mol. The third kappa shape index (κ3) is 4.22. The van der Waals surface area contributed by atoms with Crippen molar-refractivity contribution in [2.75, 3.05) is 0 Å². The lowest BCUT2D eigenvalue weighted by atomic mass is 10.1. The molecule has 0 amide bonds. The van der Waals surface area contributed by atoms with E-state index in [1.807, 2.05) is 6.07 Å². The predicted octanol–water partition coefficient (Wildman–Crippen LogP) is 2.27. The number of carbonyl (C=O) groups is 2. The molecule has 0 spiro atoms. The molecule has 3 aromatic heterocycles. The molecule has 0 atom stereocenters. The summed E-state index contributed by atoms with van der Waals surface area (Å²) in [6.07, 6.45) is 1.46. The molecule has 0 saturated heterocycles. The minimum atomic E-state index is -5.08. The van der Waals surface area contributed by atoms with E-state index in [0.29, 0.717) is 0 Å². The number of nitrogens with one attached hydrogen (secondary N) is 1. The number of alkyl halides is 3. The highest BCUT2D eigenvalue weighted by Crippen LogP contribution is 2.26. The fourth-order valence-electron chi connectivity index (χ4n) is 1.95. The molecule has 0 aliphatic rings. The highest BCUT2D eigenvalue weighted by molar-refractivity contribution is 5.90. The maximum absolute atomic E-state index is 11.2. The molecule has 0 fully saturated rings. The molecule has 0 aliphatic heterocycles. The Labute approximate surface area is 149 Å². The summed E-state index contributed by atoms with van der Waals surface area (Å²) in [6.45, 7) is 3.19. The lowest BCUT2D eigenvalue weighted by molar-refractivity contribution is -0.192. The molecule has 0 unspecified atom stereocenters.